The molecule has 0 bridgehead atoms. The van der Waals surface area contributed by atoms with Gasteiger partial charge in [0.1, 0.15) is 11.7 Å². The van der Waals surface area contributed by atoms with Crippen molar-refractivity contribution in [3.05, 3.63) is 58.9 Å². The van der Waals surface area contributed by atoms with Gasteiger partial charge < -0.3 is 10.2 Å². The van der Waals surface area contributed by atoms with Crippen LogP contribution in [-0.2, 0) is 36.0 Å². The summed E-state index contributed by atoms with van der Waals surface area (Å²) in [7, 11) is -7.76. The van der Waals surface area contributed by atoms with Crippen LogP contribution in [0.3, 0.4) is 0 Å². The number of anilines is 2. The summed E-state index contributed by atoms with van der Waals surface area (Å²) in [6.07, 6.45) is 2.68. The van der Waals surface area contributed by atoms with E-state index in [1.165, 1.54) is 40.9 Å². The van der Waals surface area contributed by atoms with Crippen LogP contribution in [0.1, 0.15) is 26.3 Å². The van der Waals surface area contributed by atoms with E-state index in [9.17, 15) is 30.8 Å². The fraction of sp³-hybridized carbons (Fsp3) is 0.360. The molecule has 2 atom stereocenters. The molecular weight excluding hydrogens is 553 g/mol. The lowest BCUT2D eigenvalue weighted by Gasteiger charge is -2.33. The van der Waals surface area contributed by atoms with E-state index in [1.54, 1.807) is 18.4 Å². The molecule has 2 aromatic rings. The Balaban J connectivity index is 1.72. The number of likely N-dealkylation sites (tertiary alicyclic amines) is 1. The monoisotopic (exact) mass is 581 g/mol. The van der Waals surface area contributed by atoms with Crippen LogP contribution in [0.5, 0.6) is 0 Å². The number of hydrogen-bond acceptors (Lipinski definition) is 8. The maximum atomic E-state index is 14.0. The van der Waals surface area contributed by atoms with Gasteiger partial charge in [-0.1, -0.05) is 26.8 Å². The van der Waals surface area contributed by atoms with E-state index in [4.69, 9.17) is 0 Å². The number of amides is 1. The van der Waals surface area contributed by atoms with E-state index in [-0.39, 0.29) is 34.3 Å². The molecule has 0 aliphatic carbocycles. The number of carbonyl (C=O) groups excluding carboxylic acids is 2. The number of fused-ring (bicyclic) bond motifs is 1. The third-order valence-corrected chi connectivity index (χ3v) is 9.12. The zero-order valence-electron chi connectivity index (χ0n) is 21.4. The molecule has 0 radical (unpaired) electrons. The second-order valence-electron chi connectivity index (χ2n) is 10.4. The summed E-state index contributed by atoms with van der Waals surface area (Å²) in [5.41, 5.74) is 0.0842. The van der Waals surface area contributed by atoms with E-state index < -0.39 is 48.9 Å². The predicted molar refractivity (Wildman–Crippen MR) is 144 cm³/mol. The highest BCUT2D eigenvalue weighted by Crippen LogP contribution is 2.41. The van der Waals surface area contributed by atoms with Crippen LogP contribution in [0.2, 0.25) is 0 Å². The molecule has 1 amide bonds. The molecule has 2 heterocycles. The third-order valence-electron chi connectivity index (χ3n) is 6.25. The van der Waals surface area contributed by atoms with Gasteiger partial charge in [0.2, 0.25) is 25.8 Å². The summed E-state index contributed by atoms with van der Waals surface area (Å²) in [5.74, 6) is -2.76. The number of nitrogens with one attached hydrogen (secondary N) is 2. The van der Waals surface area contributed by atoms with Crippen LogP contribution in [-0.4, -0.2) is 52.0 Å². The summed E-state index contributed by atoms with van der Waals surface area (Å²) in [4.78, 5) is 29.0. The number of nitrogens with zero attached hydrogens (tertiary/aromatic N) is 1. The zero-order chi connectivity index (χ0) is 28.2. The highest BCUT2D eigenvalue weighted by atomic mass is 32.2. The molecule has 1 fully saturated rings. The van der Waals surface area contributed by atoms with Crippen molar-refractivity contribution < 1.29 is 30.8 Å². The minimum Gasteiger partial charge on any atom is -0.356 e. The van der Waals surface area contributed by atoms with E-state index in [1.807, 2.05) is 20.8 Å². The molecule has 13 heteroatoms. The van der Waals surface area contributed by atoms with E-state index in [0.717, 1.165) is 11.7 Å². The number of ketones is 1. The van der Waals surface area contributed by atoms with Crippen molar-refractivity contribution in [2.45, 2.75) is 43.1 Å². The smallest absolute Gasteiger partial charge is 0.240 e. The van der Waals surface area contributed by atoms with Gasteiger partial charge in [-0.05, 0) is 47.6 Å². The summed E-state index contributed by atoms with van der Waals surface area (Å²) < 4.78 is 65.7. The van der Waals surface area contributed by atoms with Gasteiger partial charge in [-0.25, -0.2) is 21.2 Å². The van der Waals surface area contributed by atoms with Crippen LogP contribution in [0.4, 0.5) is 15.8 Å². The number of benzene rings is 2. The van der Waals surface area contributed by atoms with Crippen molar-refractivity contribution in [2.75, 3.05) is 22.6 Å². The lowest BCUT2D eigenvalue weighted by Crippen LogP contribution is -2.44. The van der Waals surface area contributed by atoms with Gasteiger partial charge in [-0.3, -0.25) is 14.3 Å². The second kappa shape index (κ2) is 9.69. The summed E-state index contributed by atoms with van der Waals surface area (Å²) in [6, 6.07) is 7.58. The lowest BCUT2D eigenvalue weighted by atomic mass is 9.82. The predicted octanol–water partition coefficient (Wildman–Crippen LogP) is 3.60. The number of thioether (sulfide) groups is 1. The summed E-state index contributed by atoms with van der Waals surface area (Å²) in [6.45, 7) is 5.51. The van der Waals surface area contributed by atoms with Gasteiger partial charge in [0.25, 0.3) is 0 Å². The fourth-order valence-electron chi connectivity index (χ4n) is 4.77. The van der Waals surface area contributed by atoms with Gasteiger partial charge >= 0.3 is 0 Å². The first-order valence-corrected chi connectivity index (χ1v) is 16.2. The van der Waals surface area contributed by atoms with Gasteiger partial charge in [0, 0.05) is 22.8 Å². The maximum absolute atomic E-state index is 14.0. The zero-order valence-corrected chi connectivity index (χ0v) is 23.9. The second-order valence-corrected chi connectivity index (χ2v) is 14.7. The van der Waals surface area contributed by atoms with Crippen molar-refractivity contribution >= 4 is 54.7 Å². The number of Topliss-reactive ketones (excluding diaryl/α,β-unsaturated/α-hetero) is 1. The quantitative estimate of drug-likeness (QED) is 0.391. The Morgan fingerprint density at radius 1 is 1.13 bits per heavy atom. The van der Waals surface area contributed by atoms with Crippen molar-refractivity contribution in [1.82, 2.24) is 4.90 Å². The maximum Gasteiger partial charge on any atom is 0.240 e. The fourth-order valence-corrected chi connectivity index (χ4v) is 7.23. The molecule has 0 saturated carbocycles. The largest absolute Gasteiger partial charge is 0.356 e. The van der Waals surface area contributed by atoms with Crippen LogP contribution in [0, 0.1) is 17.2 Å². The van der Waals surface area contributed by atoms with Crippen LogP contribution in [0.25, 0.3) is 0 Å². The minimum atomic E-state index is -4.12. The number of rotatable bonds is 6. The van der Waals surface area contributed by atoms with Crippen LogP contribution < -0.4 is 10.0 Å². The Morgan fingerprint density at radius 3 is 2.42 bits per heavy atom. The topological polar surface area (TPSA) is 130 Å². The molecular formula is C25H28FN3O6S3. The molecule has 204 valence electrons. The molecule has 1 saturated heterocycles. The molecule has 2 aliphatic heterocycles. The van der Waals surface area contributed by atoms with E-state index in [0.29, 0.717) is 10.5 Å². The molecule has 0 spiro atoms. The average Bonchev–Trinajstić information content (AvgIpc) is 3.03. The van der Waals surface area contributed by atoms with Crippen LogP contribution >= 0.6 is 11.8 Å². The standard InChI is InChI=1S/C25H28FN3O6S3/c1-25(2,3)23-22(30)21(24(31)29(23)12-14-6-8-16(26)19(10-14)36-4)18-13-38(34,35)20-11-15(28-37(5,32)33)7-9-17(20)27-18/h6-11,13,21,23,27-28H,12H2,1-5H3/t21?,23-/m1/s1. The number of sulfone groups is 1. The molecule has 2 aliphatic rings. The highest BCUT2D eigenvalue weighted by molar-refractivity contribution is 7.98. The van der Waals surface area contributed by atoms with Crippen molar-refractivity contribution in [2.24, 2.45) is 11.3 Å². The minimum absolute atomic E-state index is 0.0496. The Labute approximate surface area is 225 Å². The number of sulfonamides is 1. The molecule has 9 nitrogen and oxygen atoms in total. The average molecular weight is 582 g/mol. The molecule has 0 aromatic heterocycles. The number of hydrogen-bond donors (Lipinski definition) is 2. The first-order valence-electron chi connectivity index (χ1n) is 11.5. The van der Waals surface area contributed by atoms with Crippen molar-refractivity contribution in [3.8, 4) is 0 Å². The molecule has 4 rings (SSSR count). The highest BCUT2D eigenvalue weighted by Gasteiger charge is 2.53. The van der Waals surface area contributed by atoms with Crippen molar-refractivity contribution in [3.63, 3.8) is 0 Å². The Kier molecular flexibility index (Phi) is 7.17. The van der Waals surface area contributed by atoms with Crippen LogP contribution in [0.15, 0.2) is 57.3 Å². The summed E-state index contributed by atoms with van der Waals surface area (Å²) >= 11 is 1.23. The number of carbonyl (C=O) groups is 2. The van der Waals surface area contributed by atoms with Gasteiger partial charge in [-0.15, -0.1) is 11.8 Å². The van der Waals surface area contributed by atoms with Gasteiger partial charge in [0.05, 0.1) is 28.3 Å². The van der Waals surface area contributed by atoms with E-state index in [2.05, 4.69) is 10.0 Å². The Hall–Kier alpha value is -2.90. The Morgan fingerprint density at radius 2 is 1.82 bits per heavy atom. The Bertz CT molecular complexity index is 1580. The van der Waals surface area contributed by atoms with Gasteiger partial charge in [-0.2, -0.15) is 0 Å². The lowest BCUT2D eigenvalue weighted by molar-refractivity contribution is -0.133. The SMILES string of the molecule is CSc1cc(CN2C(=O)C(C3=CS(=O)(=O)c4cc(NS(C)(=O)=O)ccc4N3)C(=O)[C@@H]2C(C)(C)C)ccc1F. The summed E-state index contributed by atoms with van der Waals surface area (Å²) in [5, 5.41) is 3.77. The molecule has 1 unspecified atom stereocenters. The molecule has 2 aromatic carbocycles. The van der Waals surface area contributed by atoms with Crippen molar-refractivity contribution in [1.29, 1.82) is 0 Å². The molecule has 2 N–H and O–H groups in total. The first-order chi connectivity index (χ1) is 17.5. The third kappa shape index (κ3) is 5.45. The molecule has 38 heavy (non-hydrogen) atoms. The normalized spacial score (nSPS) is 21.1. The van der Waals surface area contributed by atoms with Gasteiger partial charge in [0.15, 0.2) is 5.78 Å². The van der Waals surface area contributed by atoms with E-state index >= 15 is 0 Å². The first kappa shape index (κ1) is 28.1. The number of halogens is 1.